The van der Waals surface area contributed by atoms with E-state index in [9.17, 15) is 4.79 Å². The number of rotatable bonds is 4. The molecule has 0 aliphatic heterocycles. The van der Waals surface area contributed by atoms with Gasteiger partial charge in [-0.3, -0.25) is 4.79 Å². The minimum absolute atomic E-state index is 0.814. The Labute approximate surface area is 126 Å². The lowest BCUT2D eigenvalue weighted by molar-refractivity contribution is -0.104. The molecule has 2 rings (SSSR count). The summed E-state index contributed by atoms with van der Waals surface area (Å²) in [5.74, 6) is 0. The first-order valence-corrected chi connectivity index (χ1v) is 7.08. The molecular weight excluding hydrogens is 256 g/mol. The van der Waals surface area contributed by atoms with Crippen LogP contribution in [-0.2, 0) is 4.79 Å². The molecule has 0 bridgehead atoms. The molecule has 0 N–H and O–H groups in total. The predicted octanol–water partition coefficient (Wildman–Crippen LogP) is 5.33. The van der Waals surface area contributed by atoms with Crippen LogP contribution in [0.5, 0.6) is 0 Å². The minimum Gasteiger partial charge on any atom is -0.299 e. The smallest absolute Gasteiger partial charge is 0.143 e. The molecule has 0 spiro atoms. The molecule has 1 nitrogen and oxygen atoms in total. The highest BCUT2D eigenvalue weighted by atomic mass is 16.1. The van der Waals surface area contributed by atoms with Crippen molar-refractivity contribution in [3.8, 4) is 0 Å². The van der Waals surface area contributed by atoms with Gasteiger partial charge < -0.3 is 0 Å². The van der Waals surface area contributed by atoms with E-state index >= 15 is 0 Å². The molecule has 0 aliphatic rings. The Kier molecular flexibility index (Phi) is 4.89. The average Bonchev–Trinajstić information content (AvgIpc) is 2.51. The maximum atomic E-state index is 10.4. The third-order valence-electron chi connectivity index (χ3n) is 3.70. The molecule has 0 unspecified atom stereocenters. The summed E-state index contributed by atoms with van der Waals surface area (Å²) in [6, 6.07) is 14.9. The summed E-state index contributed by atoms with van der Waals surface area (Å²) in [4.78, 5) is 10.4. The number of carbonyl (C=O) groups is 1. The third-order valence-corrected chi connectivity index (χ3v) is 3.70. The van der Waals surface area contributed by atoms with Crippen molar-refractivity contribution in [1.82, 2.24) is 0 Å². The zero-order valence-corrected chi connectivity index (χ0v) is 12.8. The van der Waals surface area contributed by atoms with Gasteiger partial charge in [0, 0.05) is 0 Å². The van der Waals surface area contributed by atoms with Crippen LogP contribution >= 0.6 is 0 Å². The lowest BCUT2D eigenvalue weighted by atomic mass is 9.98. The van der Waals surface area contributed by atoms with Crippen LogP contribution in [0.15, 0.2) is 71.8 Å². The number of carbonyl (C=O) groups excluding carboxylic acids is 1. The van der Waals surface area contributed by atoms with Crippen LogP contribution < -0.4 is 0 Å². The highest BCUT2D eigenvalue weighted by Gasteiger charge is 2.00. The zero-order valence-electron chi connectivity index (χ0n) is 12.8. The molecule has 0 amide bonds. The van der Waals surface area contributed by atoms with E-state index in [1.807, 2.05) is 13.0 Å². The van der Waals surface area contributed by atoms with E-state index in [0.717, 1.165) is 11.9 Å². The van der Waals surface area contributed by atoms with Gasteiger partial charge in [0.2, 0.25) is 0 Å². The number of allylic oxidation sites excluding steroid dienone is 6. The van der Waals surface area contributed by atoms with Crippen LogP contribution in [0.1, 0.15) is 26.3 Å². The number of fused-ring (bicyclic) bond motifs is 1. The van der Waals surface area contributed by atoms with Gasteiger partial charge >= 0.3 is 0 Å². The van der Waals surface area contributed by atoms with Crippen molar-refractivity contribution in [2.75, 3.05) is 0 Å². The molecular formula is C20H20O. The quantitative estimate of drug-likeness (QED) is 0.419. The summed E-state index contributed by atoms with van der Waals surface area (Å²) < 4.78 is 0. The van der Waals surface area contributed by atoms with Crippen molar-refractivity contribution in [1.29, 1.82) is 0 Å². The Morgan fingerprint density at radius 3 is 2.33 bits per heavy atom. The van der Waals surface area contributed by atoms with E-state index in [2.05, 4.69) is 62.4 Å². The van der Waals surface area contributed by atoms with Crippen LogP contribution in [0.2, 0.25) is 0 Å². The maximum Gasteiger partial charge on any atom is 0.143 e. The molecule has 0 atom stereocenters. The van der Waals surface area contributed by atoms with E-state index in [-0.39, 0.29) is 0 Å². The highest BCUT2D eigenvalue weighted by Crippen LogP contribution is 2.23. The average molecular weight is 276 g/mol. The monoisotopic (exact) mass is 276 g/mol. The summed E-state index contributed by atoms with van der Waals surface area (Å²) in [5, 5.41) is 2.51. The fourth-order valence-electron chi connectivity index (χ4n) is 2.19. The summed E-state index contributed by atoms with van der Waals surface area (Å²) in [5.41, 5.74) is 4.63. The van der Waals surface area contributed by atoms with Crippen molar-refractivity contribution in [2.45, 2.75) is 20.8 Å². The number of hydrogen-bond donors (Lipinski definition) is 0. The molecule has 2 aromatic rings. The SMILES string of the molecule is CC(/C=C/C(C)=C(\C)c1ccc2ccccc2c1)=C\C=O. The van der Waals surface area contributed by atoms with Gasteiger partial charge in [-0.05, 0) is 66.0 Å². The standard InChI is InChI=1S/C20H20O/c1-15(12-13-21)8-9-16(2)17(3)19-11-10-18-6-4-5-7-20(18)14-19/h4-14H,1-3H3/b9-8+,15-12+,17-16+. The summed E-state index contributed by atoms with van der Waals surface area (Å²) in [7, 11) is 0. The summed E-state index contributed by atoms with van der Waals surface area (Å²) in [6.45, 7) is 6.14. The predicted molar refractivity (Wildman–Crippen MR) is 91.2 cm³/mol. The Morgan fingerprint density at radius 2 is 1.62 bits per heavy atom. The Hall–Kier alpha value is -2.41. The molecule has 0 aliphatic carbocycles. The first-order valence-electron chi connectivity index (χ1n) is 7.08. The molecule has 0 heterocycles. The molecule has 2 aromatic carbocycles. The molecule has 0 saturated carbocycles. The highest BCUT2D eigenvalue weighted by molar-refractivity contribution is 5.86. The van der Waals surface area contributed by atoms with E-state index in [4.69, 9.17) is 0 Å². The number of hydrogen-bond acceptors (Lipinski definition) is 1. The molecule has 0 aromatic heterocycles. The minimum atomic E-state index is 0.814. The van der Waals surface area contributed by atoms with E-state index in [1.165, 1.54) is 27.5 Å². The van der Waals surface area contributed by atoms with Crippen molar-refractivity contribution in [2.24, 2.45) is 0 Å². The Balaban J connectivity index is 2.35. The molecule has 21 heavy (non-hydrogen) atoms. The fourth-order valence-corrected chi connectivity index (χ4v) is 2.19. The van der Waals surface area contributed by atoms with Crippen molar-refractivity contribution >= 4 is 22.6 Å². The molecule has 0 saturated heterocycles. The molecule has 1 heteroatoms. The van der Waals surface area contributed by atoms with Crippen molar-refractivity contribution < 1.29 is 4.79 Å². The van der Waals surface area contributed by atoms with Crippen LogP contribution in [0.4, 0.5) is 0 Å². The van der Waals surface area contributed by atoms with Gasteiger partial charge in [-0.15, -0.1) is 0 Å². The largest absolute Gasteiger partial charge is 0.299 e. The normalized spacial score (nSPS) is 13.6. The van der Waals surface area contributed by atoms with Gasteiger partial charge in [-0.2, -0.15) is 0 Å². The Bertz CT molecular complexity index is 745. The first-order chi connectivity index (χ1) is 10.1. The van der Waals surface area contributed by atoms with Gasteiger partial charge in [0.15, 0.2) is 0 Å². The molecule has 0 radical (unpaired) electrons. The fraction of sp³-hybridized carbons (Fsp3) is 0.150. The number of aldehydes is 1. The van der Waals surface area contributed by atoms with Crippen LogP contribution in [-0.4, -0.2) is 6.29 Å². The van der Waals surface area contributed by atoms with Crippen LogP contribution in [0, 0.1) is 0 Å². The molecule has 106 valence electrons. The van der Waals surface area contributed by atoms with E-state index in [1.54, 1.807) is 6.08 Å². The van der Waals surface area contributed by atoms with Crippen LogP contribution in [0.3, 0.4) is 0 Å². The summed E-state index contributed by atoms with van der Waals surface area (Å²) >= 11 is 0. The van der Waals surface area contributed by atoms with Gasteiger partial charge in [0.25, 0.3) is 0 Å². The lowest BCUT2D eigenvalue weighted by Gasteiger charge is -2.07. The van der Waals surface area contributed by atoms with Crippen molar-refractivity contribution in [3.63, 3.8) is 0 Å². The van der Waals surface area contributed by atoms with Crippen molar-refractivity contribution in [3.05, 3.63) is 77.4 Å². The zero-order chi connectivity index (χ0) is 15.2. The van der Waals surface area contributed by atoms with E-state index in [0.29, 0.717) is 0 Å². The second-order valence-electron chi connectivity index (χ2n) is 5.25. The summed E-state index contributed by atoms with van der Waals surface area (Å²) in [6.07, 6.45) is 6.40. The van der Waals surface area contributed by atoms with E-state index < -0.39 is 0 Å². The number of benzene rings is 2. The van der Waals surface area contributed by atoms with Crippen LogP contribution in [0.25, 0.3) is 16.3 Å². The topological polar surface area (TPSA) is 17.1 Å². The van der Waals surface area contributed by atoms with Gasteiger partial charge in [0.05, 0.1) is 0 Å². The third kappa shape index (κ3) is 3.79. The van der Waals surface area contributed by atoms with Gasteiger partial charge in [0.1, 0.15) is 6.29 Å². The maximum absolute atomic E-state index is 10.4. The van der Waals surface area contributed by atoms with Gasteiger partial charge in [-0.25, -0.2) is 0 Å². The molecule has 0 fully saturated rings. The Morgan fingerprint density at radius 1 is 0.905 bits per heavy atom. The van der Waals surface area contributed by atoms with Gasteiger partial charge in [-0.1, -0.05) is 48.6 Å². The second-order valence-corrected chi connectivity index (χ2v) is 5.25. The lowest BCUT2D eigenvalue weighted by Crippen LogP contribution is -1.84. The second kappa shape index (κ2) is 6.85. The first kappa shape index (κ1) is 15.0.